The molecule has 0 amide bonds. The van der Waals surface area contributed by atoms with Gasteiger partial charge in [-0.2, -0.15) is 0 Å². The molecule has 7 heteroatoms. The van der Waals surface area contributed by atoms with Crippen molar-refractivity contribution in [3.8, 4) is 0 Å². The first kappa shape index (κ1) is 16.8. The molecule has 0 aromatic heterocycles. The molecule has 1 aromatic carbocycles. The van der Waals surface area contributed by atoms with Gasteiger partial charge in [-0.1, -0.05) is 11.6 Å². The van der Waals surface area contributed by atoms with Crippen LogP contribution in [0.4, 0.5) is 0 Å². The first-order valence-electron chi connectivity index (χ1n) is 6.52. The number of halogens is 2. The maximum Gasteiger partial charge on any atom is 0.494 e. The summed E-state index contributed by atoms with van der Waals surface area (Å²) in [6, 6.07) is 3.43. The van der Waals surface area contributed by atoms with Crippen LogP contribution < -0.4 is 5.46 Å². The van der Waals surface area contributed by atoms with E-state index < -0.39 is 24.3 Å². The molecular weight excluding hydrogens is 358 g/mol. The second kappa shape index (κ2) is 5.58. The molecular formula is C14H17BBrClO4. The van der Waals surface area contributed by atoms with Crippen molar-refractivity contribution in [1.29, 1.82) is 0 Å². The molecule has 0 aliphatic carbocycles. The van der Waals surface area contributed by atoms with Gasteiger partial charge in [-0.3, -0.25) is 0 Å². The number of carbonyl (C=O) groups excluding carboxylic acids is 1. The Morgan fingerprint density at radius 3 is 2.19 bits per heavy atom. The molecule has 21 heavy (non-hydrogen) atoms. The van der Waals surface area contributed by atoms with Crippen LogP contribution in [0.2, 0.25) is 5.02 Å². The Balaban J connectivity index is 2.38. The Morgan fingerprint density at radius 1 is 1.24 bits per heavy atom. The zero-order valence-corrected chi connectivity index (χ0v) is 15.0. The van der Waals surface area contributed by atoms with Crippen LogP contribution in [0.3, 0.4) is 0 Å². The summed E-state index contributed by atoms with van der Waals surface area (Å²) in [6.45, 7) is 7.91. The summed E-state index contributed by atoms with van der Waals surface area (Å²) >= 11 is 9.53. The third-order valence-electron chi connectivity index (χ3n) is 3.98. The molecule has 1 saturated heterocycles. The standard InChI is InChI=1S/C14H17BBrClO4/c1-13(2)14(3,4)21-15(20-13)8-6-9(16)11(10(17)7-8)12(18)19-5/h6-7H,1-5H3. The lowest BCUT2D eigenvalue weighted by atomic mass is 9.79. The van der Waals surface area contributed by atoms with Crippen molar-refractivity contribution in [2.75, 3.05) is 7.11 Å². The molecule has 2 rings (SSSR count). The van der Waals surface area contributed by atoms with Gasteiger partial charge < -0.3 is 14.0 Å². The van der Waals surface area contributed by atoms with Crippen molar-refractivity contribution in [3.63, 3.8) is 0 Å². The minimum atomic E-state index is -0.532. The normalized spacial score (nSPS) is 19.7. The minimum absolute atomic E-state index is 0.291. The van der Waals surface area contributed by atoms with Gasteiger partial charge in [-0.15, -0.1) is 0 Å². The smallest absolute Gasteiger partial charge is 0.465 e. The maximum atomic E-state index is 11.7. The summed E-state index contributed by atoms with van der Waals surface area (Å²) in [5.74, 6) is -0.493. The highest BCUT2D eigenvalue weighted by Crippen LogP contribution is 2.37. The van der Waals surface area contributed by atoms with Crippen LogP contribution in [-0.2, 0) is 14.0 Å². The van der Waals surface area contributed by atoms with E-state index in [2.05, 4.69) is 15.9 Å². The van der Waals surface area contributed by atoms with Gasteiger partial charge in [0.2, 0.25) is 0 Å². The molecule has 1 aromatic rings. The predicted molar refractivity (Wildman–Crippen MR) is 86.2 cm³/mol. The zero-order chi connectivity index (χ0) is 16.0. The fourth-order valence-corrected chi connectivity index (χ4v) is 3.06. The molecule has 114 valence electrons. The van der Waals surface area contributed by atoms with Gasteiger partial charge in [0.1, 0.15) is 0 Å². The summed E-state index contributed by atoms with van der Waals surface area (Å²) in [5, 5.41) is 0.293. The van der Waals surface area contributed by atoms with E-state index in [-0.39, 0.29) is 0 Å². The van der Waals surface area contributed by atoms with E-state index >= 15 is 0 Å². The summed E-state index contributed by atoms with van der Waals surface area (Å²) in [4.78, 5) is 11.7. The maximum absolute atomic E-state index is 11.7. The molecule has 0 atom stereocenters. The molecule has 0 spiro atoms. The highest BCUT2D eigenvalue weighted by Gasteiger charge is 2.51. The summed E-state index contributed by atoms with van der Waals surface area (Å²) in [5.41, 5.74) is 0.174. The SMILES string of the molecule is COC(=O)c1c(Cl)cc(B2OC(C)(C)C(C)(C)O2)cc1Br. The van der Waals surface area contributed by atoms with E-state index in [0.29, 0.717) is 15.1 Å². The van der Waals surface area contributed by atoms with Crippen LogP contribution >= 0.6 is 27.5 Å². The molecule has 0 bridgehead atoms. The average molecular weight is 375 g/mol. The van der Waals surface area contributed by atoms with E-state index in [0.717, 1.165) is 5.46 Å². The lowest BCUT2D eigenvalue weighted by Gasteiger charge is -2.32. The molecule has 4 nitrogen and oxygen atoms in total. The van der Waals surface area contributed by atoms with Gasteiger partial charge in [-0.05, 0) is 61.2 Å². The van der Waals surface area contributed by atoms with Gasteiger partial charge in [0.15, 0.2) is 0 Å². The third kappa shape index (κ3) is 3.00. The van der Waals surface area contributed by atoms with Gasteiger partial charge in [0.05, 0.1) is 28.9 Å². The Morgan fingerprint density at radius 2 is 1.76 bits per heavy atom. The van der Waals surface area contributed by atoms with Crippen LogP contribution in [0.15, 0.2) is 16.6 Å². The average Bonchev–Trinajstić information content (AvgIpc) is 2.57. The Bertz CT molecular complexity index is 549. The highest BCUT2D eigenvalue weighted by atomic mass is 79.9. The second-order valence-electron chi connectivity index (χ2n) is 5.94. The van der Waals surface area contributed by atoms with Crippen molar-refractivity contribution in [1.82, 2.24) is 0 Å². The number of esters is 1. The fraction of sp³-hybridized carbons (Fsp3) is 0.500. The Labute approximate surface area is 138 Å². The van der Waals surface area contributed by atoms with Crippen molar-refractivity contribution in [2.45, 2.75) is 38.9 Å². The molecule has 1 fully saturated rings. The monoisotopic (exact) mass is 374 g/mol. The van der Waals surface area contributed by atoms with Crippen LogP contribution in [0.25, 0.3) is 0 Å². The number of benzene rings is 1. The minimum Gasteiger partial charge on any atom is -0.465 e. The van der Waals surface area contributed by atoms with Crippen molar-refractivity contribution in [3.05, 3.63) is 27.2 Å². The third-order valence-corrected chi connectivity index (χ3v) is 4.90. The summed E-state index contributed by atoms with van der Waals surface area (Å²) in [7, 11) is 0.781. The number of ether oxygens (including phenoxy) is 1. The van der Waals surface area contributed by atoms with E-state index in [1.54, 1.807) is 12.1 Å². The fourth-order valence-electron chi connectivity index (χ4n) is 2.01. The molecule has 0 radical (unpaired) electrons. The first-order valence-corrected chi connectivity index (χ1v) is 7.69. The van der Waals surface area contributed by atoms with Crippen LogP contribution in [0.1, 0.15) is 38.1 Å². The van der Waals surface area contributed by atoms with Crippen molar-refractivity contribution >= 4 is 46.1 Å². The van der Waals surface area contributed by atoms with Crippen LogP contribution in [-0.4, -0.2) is 31.4 Å². The van der Waals surface area contributed by atoms with Crippen molar-refractivity contribution < 1.29 is 18.8 Å². The largest absolute Gasteiger partial charge is 0.494 e. The number of hydrogen-bond donors (Lipinski definition) is 0. The molecule has 0 N–H and O–H groups in total. The molecule has 0 saturated carbocycles. The number of rotatable bonds is 2. The van der Waals surface area contributed by atoms with E-state index in [9.17, 15) is 4.79 Å². The Hall–Kier alpha value is -0.555. The number of methoxy groups -OCH3 is 1. The predicted octanol–water partition coefficient (Wildman–Crippen LogP) is 3.19. The number of hydrogen-bond acceptors (Lipinski definition) is 4. The van der Waals surface area contributed by atoms with Gasteiger partial charge in [-0.25, -0.2) is 4.79 Å². The number of carbonyl (C=O) groups is 1. The van der Waals surface area contributed by atoms with E-state index in [1.165, 1.54) is 7.11 Å². The lowest BCUT2D eigenvalue weighted by Crippen LogP contribution is -2.41. The molecule has 1 heterocycles. The van der Waals surface area contributed by atoms with Gasteiger partial charge in [0, 0.05) is 4.47 Å². The highest BCUT2D eigenvalue weighted by molar-refractivity contribution is 9.10. The quantitative estimate of drug-likeness (QED) is 0.588. The Kier molecular flexibility index (Phi) is 4.46. The van der Waals surface area contributed by atoms with Crippen molar-refractivity contribution in [2.24, 2.45) is 0 Å². The van der Waals surface area contributed by atoms with Gasteiger partial charge >= 0.3 is 13.1 Å². The molecule has 0 unspecified atom stereocenters. The lowest BCUT2D eigenvalue weighted by molar-refractivity contribution is 0.00578. The van der Waals surface area contributed by atoms with Crippen LogP contribution in [0, 0.1) is 0 Å². The molecule has 1 aliphatic heterocycles. The first-order chi connectivity index (χ1) is 9.59. The topological polar surface area (TPSA) is 44.8 Å². The second-order valence-corrected chi connectivity index (χ2v) is 7.20. The van der Waals surface area contributed by atoms with E-state index in [1.807, 2.05) is 27.7 Å². The molecule has 1 aliphatic rings. The zero-order valence-electron chi connectivity index (χ0n) is 12.6. The summed E-state index contributed by atoms with van der Waals surface area (Å²) in [6.07, 6.45) is 0. The van der Waals surface area contributed by atoms with Crippen LogP contribution in [0.5, 0.6) is 0 Å². The van der Waals surface area contributed by atoms with E-state index in [4.69, 9.17) is 25.6 Å². The summed E-state index contributed by atoms with van der Waals surface area (Å²) < 4.78 is 17.2. The van der Waals surface area contributed by atoms with Gasteiger partial charge in [0.25, 0.3) is 0 Å².